The number of rotatable bonds is 2. The van der Waals surface area contributed by atoms with E-state index >= 15 is 0 Å². The summed E-state index contributed by atoms with van der Waals surface area (Å²) in [5.74, 6) is -1.01. The number of likely N-dealkylation sites (N-methyl/N-ethyl adjacent to an activating group) is 1. The molecule has 1 atom stereocenters. The summed E-state index contributed by atoms with van der Waals surface area (Å²) >= 11 is 0. The highest BCUT2D eigenvalue weighted by Gasteiger charge is 2.44. The van der Waals surface area contributed by atoms with E-state index in [2.05, 4.69) is 5.32 Å². The molecule has 4 nitrogen and oxygen atoms in total. The lowest BCUT2D eigenvalue weighted by Gasteiger charge is -2.19. The maximum atomic E-state index is 13.0. The van der Waals surface area contributed by atoms with Crippen molar-refractivity contribution in [2.24, 2.45) is 0 Å². The first-order valence-corrected chi connectivity index (χ1v) is 6.06. The van der Waals surface area contributed by atoms with Gasteiger partial charge in [0.2, 0.25) is 5.91 Å². The topological polar surface area (TPSA) is 49.4 Å². The summed E-state index contributed by atoms with van der Waals surface area (Å²) in [5, 5.41) is 2.39. The van der Waals surface area contributed by atoms with E-state index in [1.165, 1.54) is 19.1 Å². The number of nitrogens with one attached hydrogen (secondary N) is 1. The molecule has 0 spiro atoms. The normalized spacial score (nSPS) is 18.1. The zero-order valence-corrected chi connectivity index (χ0v) is 10.9. The highest BCUT2D eigenvalue weighted by molar-refractivity contribution is 6.06. The largest absolute Gasteiger partial charge is 0.418 e. The fourth-order valence-electron chi connectivity index (χ4n) is 2.38. The molecule has 1 heterocycles. The quantitative estimate of drug-likeness (QED) is 0.906. The Balaban J connectivity index is 2.61. The second-order valence-electron chi connectivity index (χ2n) is 4.46. The first kappa shape index (κ1) is 14.4. The molecule has 0 radical (unpaired) electrons. The first-order valence-electron chi connectivity index (χ1n) is 6.06. The molecule has 1 aliphatic rings. The van der Waals surface area contributed by atoms with E-state index in [0.717, 1.165) is 11.0 Å². The van der Waals surface area contributed by atoms with Crippen molar-refractivity contribution in [1.29, 1.82) is 0 Å². The number of halogens is 3. The lowest BCUT2D eigenvalue weighted by molar-refractivity contribution is -0.137. The first-order chi connectivity index (χ1) is 9.27. The van der Waals surface area contributed by atoms with Gasteiger partial charge in [-0.25, -0.2) is 0 Å². The molecule has 0 saturated carbocycles. The van der Waals surface area contributed by atoms with Crippen LogP contribution in [0, 0.1) is 0 Å². The number of nitrogens with zero attached hydrogens (tertiary/aromatic N) is 1. The number of hydrogen-bond acceptors (Lipinski definition) is 2. The molecule has 20 heavy (non-hydrogen) atoms. The highest BCUT2D eigenvalue weighted by atomic mass is 19.4. The Kier molecular flexibility index (Phi) is 3.45. The average Bonchev–Trinajstić information content (AvgIpc) is 2.60. The maximum absolute atomic E-state index is 13.0. The number of amides is 2. The Bertz CT molecular complexity index is 569. The summed E-state index contributed by atoms with van der Waals surface area (Å²) in [6, 6.07) is 2.55. The lowest BCUT2D eigenvalue weighted by Crippen LogP contribution is -2.36. The summed E-state index contributed by atoms with van der Waals surface area (Å²) in [4.78, 5) is 24.3. The number of para-hydroxylation sites is 1. The van der Waals surface area contributed by atoms with E-state index < -0.39 is 29.6 Å². The molecule has 1 unspecified atom stereocenters. The average molecular weight is 286 g/mol. The number of anilines is 1. The Morgan fingerprint density at radius 3 is 2.55 bits per heavy atom. The van der Waals surface area contributed by atoms with Crippen LogP contribution < -0.4 is 10.2 Å². The fraction of sp³-hybridized carbons (Fsp3) is 0.385. The molecule has 2 amide bonds. The van der Waals surface area contributed by atoms with Crippen LogP contribution in [0.4, 0.5) is 18.9 Å². The minimum absolute atomic E-state index is 0.106. The number of alkyl halides is 3. The summed E-state index contributed by atoms with van der Waals surface area (Å²) in [7, 11) is 0. The van der Waals surface area contributed by atoms with Crippen molar-refractivity contribution < 1.29 is 22.8 Å². The van der Waals surface area contributed by atoms with Crippen LogP contribution in [0.5, 0.6) is 0 Å². The van der Waals surface area contributed by atoms with Crippen LogP contribution in [0.15, 0.2) is 18.2 Å². The van der Waals surface area contributed by atoms with E-state index in [4.69, 9.17) is 0 Å². The predicted molar refractivity (Wildman–Crippen MR) is 66.0 cm³/mol. The summed E-state index contributed by atoms with van der Waals surface area (Å²) in [5.41, 5.74) is -0.842. The van der Waals surface area contributed by atoms with E-state index in [-0.39, 0.29) is 17.8 Å². The van der Waals surface area contributed by atoms with Crippen LogP contribution in [-0.2, 0) is 15.8 Å². The molecule has 7 heteroatoms. The van der Waals surface area contributed by atoms with Gasteiger partial charge in [0.05, 0.1) is 11.3 Å². The van der Waals surface area contributed by atoms with Crippen molar-refractivity contribution in [3.8, 4) is 0 Å². The highest BCUT2D eigenvalue weighted by Crippen LogP contribution is 2.44. The predicted octanol–water partition coefficient (Wildman–Crippen LogP) is 2.25. The molecule has 0 bridgehead atoms. The monoisotopic (exact) mass is 286 g/mol. The summed E-state index contributed by atoms with van der Waals surface area (Å²) in [6.45, 7) is 2.91. The van der Waals surface area contributed by atoms with Gasteiger partial charge in [-0.3, -0.25) is 9.59 Å². The molecule has 108 valence electrons. The van der Waals surface area contributed by atoms with E-state index in [0.29, 0.717) is 0 Å². The van der Waals surface area contributed by atoms with Gasteiger partial charge in [-0.05, 0) is 13.0 Å². The van der Waals surface area contributed by atoms with Crippen molar-refractivity contribution in [2.45, 2.75) is 26.1 Å². The van der Waals surface area contributed by atoms with Gasteiger partial charge in [0.1, 0.15) is 6.04 Å². The van der Waals surface area contributed by atoms with E-state index in [9.17, 15) is 22.8 Å². The third-order valence-corrected chi connectivity index (χ3v) is 3.13. The Morgan fingerprint density at radius 2 is 2.05 bits per heavy atom. The van der Waals surface area contributed by atoms with Crippen molar-refractivity contribution in [1.82, 2.24) is 5.32 Å². The van der Waals surface area contributed by atoms with Crippen LogP contribution in [-0.4, -0.2) is 18.4 Å². The van der Waals surface area contributed by atoms with Crippen LogP contribution >= 0.6 is 0 Å². The fourth-order valence-corrected chi connectivity index (χ4v) is 2.38. The summed E-state index contributed by atoms with van der Waals surface area (Å²) in [6.07, 6.45) is -4.55. The maximum Gasteiger partial charge on any atom is 0.418 e. The van der Waals surface area contributed by atoms with Gasteiger partial charge in [0, 0.05) is 19.0 Å². The molecule has 1 aromatic carbocycles. The smallest absolute Gasteiger partial charge is 0.341 e. The van der Waals surface area contributed by atoms with E-state index in [1.807, 2.05) is 0 Å². The molecule has 0 aromatic heterocycles. The molecule has 2 rings (SSSR count). The van der Waals surface area contributed by atoms with Crippen molar-refractivity contribution in [3.05, 3.63) is 29.3 Å². The number of fused-ring (bicyclic) bond motifs is 1. The lowest BCUT2D eigenvalue weighted by atomic mass is 10.0. The minimum atomic E-state index is -4.55. The second kappa shape index (κ2) is 4.81. The number of benzene rings is 1. The van der Waals surface area contributed by atoms with Gasteiger partial charge < -0.3 is 10.2 Å². The third-order valence-electron chi connectivity index (χ3n) is 3.13. The number of hydrogen-bond donors (Lipinski definition) is 1. The SMILES string of the molecule is CCN1C(=O)C(NC(C)=O)c2cccc(C(F)(F)F)c21. The molecular weight excluding hydrogens is 273 g/mol. The second-order valence-corrected chi connectivity index (χ2v) is 4.46. The van der Waals surface area contributed by atoms with Crippen LogP contribution in [0.3, 0.4) is 0 Å². The molecule has 0 aliphatic carbocycles. The van der Waals surface area contributed by atoms with Crippen molar-refractivity contribution >= 4 is 17.5 Å². The summed E-state index contributed by atoms with van der Waals surface area (Å²) < 4.78 is 39.1. The standard InChI is InChI=1S/C13H13F3N2O2/c1-3-18-11-8(10(12(18)20)17-7(2)19)5-4-6-9(11)13(14,15)16/h4-6,10H,3H2,1-2H3,(H,17,19). The molecule has 1 aliphatic heterocycles. The Morgan fingerprint density at radius 1 is 1.40 bits per heavy atom. The van der Waals surface area contributed by atoms with E-state index in [1.54, 1.807) is 6.92 Å². The molecule has 1 N–H and O–H groups in total. The van der Waals surface area contributed by atoms with Gasteiger partial charge in [0.25, 0.3) is 5.91 Å². The number of carbonyl (C=O) groups excluding carboxylic acids is 2. The van der Waals surface area contributed by atoms with Crippen LogP contribution in [0.25, 0.3) is 0 Å². The van der Waals surface area contributed by atoms with Crippen LogP contribution in [0.2, 0.25) is 0 Å². The Labute approximate surface area is 113 Å². The van der Waals surface area contributed by atoms with Gasteiger partial charge in [-0.1, -0.05) is 12.1 Å². The van der Waals surface area contributed by atoms with Gasteiger partial charge in [0.15, 0.2) is 0 Å². The van der Waals surface area contributed by atoms with Crippen molar-refractivity contribution in [2.75, 3.05) is 11.4 Å². The minimum Gasteiger partial charge on any atom is -0.341 e. The third kappa shape index (κ3) is 2.23. The number of carbonyl (C=O) groups is 2. The molecular formula is C13H13F3N2O2. The van der Waals surface area contributed by atoms with Gasteiger partial charge in [-0.2, -0.15) is 13.2 Å². The zero-order valence-electron chi connectivity index (χ0n) is 10.9. The zero-order chi connectivity index (χ0) is 15.1. The van der Waals surface area contributed by atoms with Crippen molar-refractivity contribution in [3.63, 3.8) is 0 Å². The Hall–Kier alpha value is -2.05. The van der Waals surface area contributed by atoms with Gasteiger partial charge >= 0.3 is 6.18 Å². The molecule has 0 saturated heterocycles. The molecule has 0 fully saturated rings. The van der Waals surface area contributed by atoms with Crippen LogP contribution in [0.1, 0.15) is 31.0 Å². The van der Waals surface area contributed by atoms with Gasteiger partial charge in [-0.15, -0.1) is 0 Å². The molecule has 1 aromatic rings.